The van der Waals surface area contributed by atoms with Crippen molar-refractivity contribution in [2.24, 2.45) is 0 Å². The number of hydrogen-bond donors (Lipinski definition) is 0. The Kier molecular flexibility index (Phi) is 2.93. The molecule has 1 aromatic carbocycles. The zero-order valence-electron chi connectivity index (χ0n) is 12.0. The molecular formula is C16H13N5O. The minimum atomic E-state index is 0.366. The first-order valence-corrected chi connectivity index (χ1v) is 6.96. The second-order valence-corrected chi connectivity index (χ2v) is 4.94. The van der Waals surface area contributed by atoms with Crippen molar-refractivity contribution in [3.8, 4) is 5.88 Å². The van der Waals surface area contributed by atoms with E-state index in [9.17, 15) is 0 Å². The highest BCUT2D eigenvalue weighted by Crippen LogP contribution is 2.26. The molecule has 0 aliphatic carbocycles. The molecule has 4 rings (SSSR count). The number of benzene rings is 1. The predicted molar refractivity (Wildman–Crippen MR) is 81.6 cm³/mol. The second kappa shape index (κ2) is 5.07. The number of pyridine rings is 1. The lowest BCUT2D eigenvalue weighted by molar-refractivity contribution is 0.288. The molecular weight excluding hydrogens is 278 g/mol. The Balaban J connectivity index is 1.82. The van der Waals surface area contributed by atoms with Crippen LogP contribution in [0.4, 0.5) is 0 Å². The fourth-order valence-electron chi connectivity index (χ4n) is 2.39. The molecule has 0 saturated carbocycles. The number of rotatable bonds is 3. The van der Waals surface area contributed by atoms with E-state index in [-0.39, 0.29) is 0 Å². The molecule has 0 N–H and O–H groups in total. The molecule has 4 aromatic rings. The van der Waals surface area contributed by atoms with Gasteiger partial charge in [-0.15, -0.1) is 15.3 Å². The molecule has 0 fully saturated rings. The summed E-state index contributed by atoms with van der Waals surface area (Å²) in [6, 6.07) is 13.6. The Morgan fingerprint density at radius 2 is 1.82 bits per heavy atom. The number of aromatic nitrogens is 5. The van der Waals surface area contributed by atoms with Crippen LogP contribution in [0.5, 0.6) is 5.88 Å². The maximum Gasteiger partial charge on any atom is 0.240 e. The standard InChI is InChI=1S/C16H13N5O/c1-11-18-19-15-13-7-2-3-8-14(13)16(20-21(11)15)22-10-12-6-4-5-9-17-12/h2-9H,10H2,1H3. The van der Waals surface area contributed by atoms with Crippen LogP contribution >= 0.6 is 0 Å². The third-order valence-corrected chi connectivity index (χ3v) is 3.47. The van der Waals surface area contributed by atoms with Crippen molar-refractivity contribution in [1.82, 2.24) is 24.8 Å². The molecule has 0 spiro atoms. The molecule has 3 aromatic heterocycles. The minimum Gasteiger partial charge on any atom is -0.470 e. The van der Waals surface area contributed by atoms with Gasteiger partial charge in [0.25, 0.3) is 0 Å². The number of ether oxygens (including phenoxy) is 1. The van der Waals surface area contributed by atoms with E-state index in [1.54, 1.807) is 10.7 Å². The molecule has 6 heteroatoms. The van der Waals surface area contributed by atoms with Crippen LogP contribution in [0.25, 0.3) is 16.4 Å². The largest absolute Gasteiger partial charge is 0.470 e. The Morgan fingerprint density at radius 1 is 1.00 bits per heavy atom. The fourth-order valence-corrected chi connectivity index (χ4v) is 2.39. The number of fused-ring (bicyclic) bond motifs is 3. The highest BCUT2D eigenvalue weighted by atomic mass is 16.5. The molecule has 6 nitrogen and oxygen atoms in total. The van der Waals surface area contributed by atoms with Gasteiger partial charge in [-0.1, -0.05) is 24.3 Å². The summed E-state index contributed by atoms with van der Waals surface area (Å²) >= 11 is 0. The van der Waals surface area contributed by atoms with Crippen LogP contribution in [-0.2, 0) is 6.61 Å². The molecule has 0 saturated heterocycles. The molecule has 0 atom stereocenters. The summed E-state index contributed by atoms with van der Waals surface area (Å²) in [5, 5.41) is 14.7. The highest BCUT2D eigenvalue weighted by molar-refractivity contribution is 5.96. The van der Waals surface area contributed by atoms with Gasteiger partial charge in [-0.05, 0) is 25.1 Å². The number of hydrogen-bond acceptors (Lipinski definition) is 5. The van der Waals surface area contributed by atoms with Gasteiger partial charge in [-0.3, -0.25) is 4.98 Å². The summed E-state index contributed by atoms with van der Waals surface area (Å²) < 4.78 is 7.59. The average molecular weight is 291 g/mol. The summed E-state index contributed by atoms with van der Waals surface area (Å²) in [5.41, 5.74) is 1.59. The van der Waals surface area contributed by atoms with Crippen LogP contribution < -0.4 is 4.74 Å². The molecule has 108 valence electrons. The van der Waals surface area contributed by atoms with E-state index in [0.29, 0.717) is 12.5 Å². The van der Waals surface area contributed by atoms with Gasteiger partial charge < -0.3 is 4.74 Å². The van der Waals surface area contributed by atoms with Crippen molar-refractivity contribution >= 4 is 16.4 Å². The Bertz CT molecular complexity index is 949. The Hall–Kier alpha value is -3.02. The van der Waals surface area contributed by atoms with E-state index >= 15 is 0 Å². The molecule has 0 radical (unpaired) electrons. The summed E-state index contributed by atoms with van der Waals surface area (Å²) in [6.45, 7) is 2.23. The summed E-state index contributed by atoms with van der Waals surface area (Å²) in [5.74, 6) is 1.28. The monoisotopic (exact) mass is 291 g/mol. The van der Waals surface area contributed by atoms with E-state index in [0.717, 1.165) is 27.9 Å². The lowest BCUT2D eigenvalue weighted by Gasteiger charge is -2.09. The quantitative estimate of drug-likeness (QED) is 0.580. The van der Waals surface area contributed by atoms with Gasteiger partial charge in [0, 0.05) is 17.0 Å². The van der Waals surface area contributed by atoms with E-state index < -0.39 is 0 Å². The number of aryl methyl sites for hydroxylation is 1. The van der Waals surface area contributed by atoms with Crippen molar-refractivity contribution < 1.29 is 4.74 Å². The number of nitrogens with zero attached hydrogens (tertiary/aromatic N) is 5. The second-order valence-electron chi connectivity index (χ2n) is 4.94. The first kappa shape index (κ1) is 12.7. The normalized spacial score (nSPS) is 11.1. The van der Waals surface area contributed by atoms with Gasteiger partial charge in [-0.25, -0.2) is 0 Å². The van der Waals surface area contributed by atoms with Crippen LogP contribution in [0, 0.1) is 6.92 Å². The van der Waals surface area contributed by atoms with E-state index in [4.69, 9.17) is 4.74 Å². The van der Waals surface area contributed by atoms with Gasteiger partial charge in [0.15, 0.2) is 11.5 Å². The summed E-state index contributed by atoms with van der Waals surface area (Å²) in [7, 11) is 0. The zero-order chi connectivity index (χ0) is 14.9. The molecule has 0 unspecified atom stereocenters. The van der Waals surface area contributed by atoms with E-state index in [1.165, 1.54) is 0 Å². The summed E-state index contributed by atoms with van der Waals surface area (Å²) in [6.07, 6.45) is 1.75. The van der Waals surface area contributed by atoms with Crippen molar-refractivity contribution in [3.63, 3.8) is 0 Å². The van der Waals surface area contributed by atoms with E-state index in [1.807, 2.05) is 49.4 Å². The van der Waals surface area contributed by atoms with Crippen molar-refractivity contribution in [2.75, 3.05) is 0 Å². The zero-order valence-corrected chi connectivity index (χ0v) is 12.0. The fraction of sp³-hybridized carbons (Fsp3) is 0.125. The highest BCUT2D eigenvalue weighted by Gasteiger charge is 2.13. The third-order valence-electron chi connectivity index (χ3n) is 3.47. The van der Waals surface area contributed by atoms with Crippen LogP contribution in [0.2, 0.25) is 0 Å². The van der Waals surface area contributed by atoms with Crippen molar-refractivity contribution in [2.45, 2.75) is 13.5 Å². The van der Waals surface area contributed by atoms with Crippen molar-refractivity contribution in [1.29, 1.82) is 0 Å². The molecule has 3 heterocycles. The van der Waals surface area contributed by atoms with Gasteiger partial charge in [0.05, 0.1) is 5.69 Å². The smallest absolute Gasteiger partial charge is 0.240 e. The van der Waals surface area contributed by atoms with Gasteiger partial charge in [0.1, 0.15) is 6.61 Å². The lowest BCUT2D eigenvalue weighted by atomic mass is 10.2. The van der Waals surface area contributed by atoms with Crippen LogP contribution in [0.15, 0.2) is 48.7 Å². The average Bonchev–Trinajstić information content (AvgIpc) is 2.95. The SMILES string of the molecule is Cc1nnc2c3ccccc3c(OCc3ccccn3)nn12. The maximum atomic E-state index is 5.89. The molecule has 0 aliphatic heterocycles. The van der Waals surface area contributed by atoms with E-state index in [2.05, 4.69) is 20.3 Å². The summed E-state index contributed by atoms with van der Waals surface area (Å²) in [4.78, 5) is 4.26. The van der Waals surface area contributed by atoms with Gasteiger partial charge >= 0.3 is 0 Å². The topological polar surface area (TPSA) is 65.2 Å². The first-order chi connectivity index (χ1) is 10.8. The third kappa shape index (κ3) is 2.05. The molecule has 0 amide bonds. The predicted octanol–water partition coefficient (Wildman–Crippen LogP) is 2.56. The molecule has 22 heavy (non-hydrogen) atoms. The van der Waals surface area contributed by atoms with Gasteiger partial charge in [0.2, 0.25) is 5.88 Å². The van der Waals surface area contributed by atoms with Crippen LogP contribution in [0.1, 0.15) is 11.5 Å². The van der Waals surface area contributed by atoms with Crippen LogP contribution in [-0.4, -0.2) is 24.8 Å². The Labute approximate surface area is 126 Å². The molecule has 0 bridgehead atoms. The lowest BCUT2D eigenvalue weighted by Crippen LogP contribution is -2.04. The van der Waals surface area contributed by atoms with Crippen molar-refractivity contribution in [3.05, 3.63) is 60.2 Å². The minimum absolute atomic E-state index is 0.366. The first-order valence-electron chi connectivity index (χ1n) is 6.96. The maximum absolute atomic E-state index is 5.89. The van der Waals surface area contributed by atoms with Crippen LogP contribution in [0.3, 0.4) is 0 Å². The molecule has 0 aliphatic rings. The van der Waals surface area contributed by atoms with Gasteiger partial charge in [-0.2, -0.15) is 4.52 Å². The Morgan fingerprint density at radius 3 is 2.64 bits per heavy atom.